The number of alkyl halides is 3. The summed E-state index contributed by atoms with van der Waals surface area (Å²) in [6, 6.07) is 0.821. The van der Waals surface area contributed by atoms with Crippen molar-refractivity contribution in [1.29, 1.82) is 0 Å². The monoisotopic (exact) mass is 392 g/mol. The van der Waals surface area contributed by atoms with Crippen LogP contribution in [0.1, 0.15) is 21.8 Å². The van der Waals surface area contributed by atoms with Gasteiger partial charge in [-0.05, 0) is 17.9 Å². The highest BCUT2D eigenvalue weighted by Crippen LogP contribution is 2.35. The lowest BCUT2D eigenvalue weighted by atomic mass is 10.2. The fourth-order valence-corrected chi connectivity index (χ4v) is 3.92. The van der Waals surface area contributed by atoms with E-state index in [1.807, 2.05) is 0 Å². The van der Waals surface area contributed by atoms with Crippen LogP contribution >= 0.6 is 22.7 Å². The molecule has 0 aromatic carbocycles. The second kappa shape index (κ2) is 6.59. The molecule has 0 bridgehead atoms. The molecule has 0 aliphatic carbocycles. The molecule has 0 spiro atoms. The molecule has 1 atom stereocenters. The number of hydrogen-bond donors (Lipinski definition) is 1. The van der Waals surface area contributed by atoms with E-state index < -0.39 is 23.2 Å². The number of nitrogens with zero attached hydrogens (tertiary/aromatic N) is 3. The van der Waals surface area contributed by atoms with Crippen molar-refractivity contribution in [2.75, 3.05) is 23.9 Å². The number of methoxy groups -OCH3 is 1. The van der Waals surface area contributed by atoms with E-state index in [1.165, 1.54) is 23.3 Å². The van der Waals surface area contributed by atoms with Gasteiger partial charge < -0.3 is 15.0 Å². The zero-order chi connectivity index (χ0) is 18.2. The molecule has 1 N–H and O–H groups in total. The number of esters is 1. The summed E-state index contributed by atoms with van der Waals surface area (Å²) in [6.45, 7) is 0.325. The molecular weight excluding hydrogens is 381 g/mol. The van der Waals surface area contributed by atoms with Crippen LogP contribution in [0.3, 0.4) is 0 Å². The quantitative estimate of drug-likeness (QED) is 0.806. The van der Waals surface area contributed by atoms with Gasteiger partial charge in [0.1, 0.15) is 11.0 Å². The minimum atomic E-state index is -4.57. The summed E-state index contributed by atoms with van der Waals surface area (Å²) in [5.41, 5.74) is 0.275. The van der Waals surface area contributed by atoms with E-state index in [0.29, 0.717) is 29.3 Å². The van der Waals surface area contributed by atoms with Crippen molar-refractivity contribution in [3.05, 3.63) is 22.0 Å². The van der Waals surface area contributed by atoms with Crippen LogP contribution in [0.15, 0.2) is 11.4 Å². The molecule has 1 aliphatic rings. The Hall–Kier alpha value is -2.21. The van der Waals surface area contributed by atoms with Crippen LogP contribution in [-0.4, -0.2) is 41.8 Å². The minimum Gasteiger partial charge on any atom is -0.465 e. The van der Waals surface area contributed by atoms with E-state index >= 15 is 0 Å². The molecule has 12 heteroatoms. The Morgan fingerprint density at radius 3 is 2.84 bits per heavy atom. The number of rotatable bonds is 4. The number of carbonyl (C=O) groups excluding carboxylic acids is 2. The molecule has 7 nitrogen and oxygen atoms in total. The Balaban J connectivity index is 1.73. The topological polar surface area (TPSA) is 84.4 Å². The van der Waals surface area contributed by atoms with E-state index in [0.717, 1.165) is 0 Å². The highest BCUT2D eigenvalue weighted by atomic mass is 32.1. The summed E-state index contributed by atoms with van der Waals surface area (Å²) in [5.74, 6) is -0.907. The molecule has 2 aromatic heterocycles. The first-order chi connectivity index (χ1) is 11.8. The molecule has 1 aliphatic heterocycles. The highest BCUT2D eigenvalue weighted by molar-refractivity contribution is 7.15. The third-order valence-corrected chi connectivity index (χ3v) is 5.30. The molecule has 0 saturated carbocycles. The van der Waals surface area contributed by atoms with Gasteiger partial charge in [0.25, 0.3) is 0 Å². The Morgan fingerprint density at radius 1 is 1.44 bits per heavy atom. The van der Waals surface area contributed by atoms with Gasteiger partial charge in [-0.1, -0.05) is 11.3 Å². The van der Waals surface area contributed by atoms with Crippen LogP contribution in [0.5, 0.6) is 0 Å². The maximum atomic E-state index is 12.6. The fraction of sp³-hybridized carbons (Fsp3) is 0.385. The first kappa shape index (κ1) is 17.6. The molecule has 2 aromatic rings. The maximum absolute atomic E-state index is 12.6. The third kappa shape index (κ3) is 3.44. The maximum Gasteiger partial charge on any atom is 0.445 e. The van der Waals surface area contributed by atoms with Crippen LogP contribution in [0.25, 0.3) is 0 Å². The standard InChI is InChI=1S/C13H11F3N4O3S2/c1-23-10(22)6-3-5-24-9(6)20-4-2-7(8(20)21)17-12-19-18-11(25-12)13(14,15)16/h3,5,7H,2,4H2,1H3,(H,17,19). The smallest absolute Gasteiger partial charge is 0.445 e. The first-order valence-corrected chi connectivity index (χ1v) is 8.65. The summed E-state index contributed by atoms with van der Waals surface area (Å²) in [7, 11) is 1.24. The normalized spacial score (nSPS) is 17.8. The van der Waals surface area contributed by atoms with E-state index in [4.69, 9.17) is 0 Å². The predicted molar refractivity (Wildman–Crippen MR) is 85.0 cm³/mol. The summed E-state index contributed by atoms with van der Waals surface area (Å²) in [6.07, 6.45) is -4.21. The average molecular weight is 392 g/mol. The van der Waals surface area contributed by atoms with Crippen LogP contribution < -0.4 is 10.2 Å². The second-order valence-corrected chi connectivity index (χ2v) is 6.89. The lowest BCUT2D eigenvalue weighted by Gasteiger charge is -2.16. The van der Waals surface area contributed by atoms with Crippen LogP contribution in [0.4, 0.5) is 23.3 Å². The SMILES string of the molecule is COC(=O)c1ccsc1N1CCC(Nc2nnc(C(F)(F)F)s2)C1=O. The third-order valence-electron chi connectivity index (χ3n) is 3.47. The lowest BCUT2D eigenvalue weighted by Crippen LogP contribution is -2.33. The molecule has 0 radical (unpaired) electrons. The average Bonchev–Trinajstić information content (AvgIpc) is 3.27. The molecule has 25 heavy (non-hydrogen) atoms. The number of nitrogens with one attached hydrogen (secondary N) is 1. The van der Waals surface area contributed by atoms with Crippen LogP contribution in [0.2, 0.25) is 0 Å². The van der Waals surface area contributed by atoms with Gasteiger partial charge in [-0.15, -0.1) is 21.5 Å². The van der Waals surface area contributed by atoms with Gasteiger partial charge in [0.05, 0.1) is 12.7 Å². The summed E-state index contributed by atoms with van der Waals surface area (Å²) in [4.78, 5) is 25.7. The number of anilines is 2. The molecule has 1 unspecified atom stereocenters. The first-order valence-electron chi connectivity index (χ1n) is 6.95. The van der Waals surface area contributed by atoms with Crippen molar-refractivity contribution in [2.24, 2.45) is 0 Å². The van der Waals surface area contributed by atoms with Crippen molar-refractivity contribution in [2.45, 2.75) is 18.6 Å². The van der Waals surface area contributed by atoms with Gasteiger partial charge in [0, 0.05) is 6.54 Å². The minimum absolute atomic E-state index is 0.0769. The Kier molecular flexibility index (Phi) is 4.64. The van der Waals surface area contributed by atoms with Crippen molar-refractivity contribution < 1.29 is 27.5 Å². The number of halogens is 3. The second-order valence-electron chi connectivity index (χ2n) is 5.02. The molecule has 134 valence electrons. The van der Waals surface area contributed by atoms with E-state index in [-0.39, 0.29) is 16.6 Å². The molecule has 1 saturated heterocycles. The number of thiophene rings is 1. The van der Waals surface area contributed by atoms with Gasteiger partial charge in [0.15, 0.2) is 0 Å². The summed E-state index contributed by atoms with van der Waals surface area (Å²) < 4.78 is 42.3. The molecule has 1 fully saturated rings. The largest absolute Gasteiger partial charge is 0.465 e. The predicted octanol–water partition coefficient (Wildman–Crippen LogP) is 2.62. The van der Waals surface area contributed by atoms with E-state index in [1.54, 1.807) is 11.4 Å². The van der Waals surface area contributed by atoms with Gasteiger partial charge in [-0.25, -0.2) is 4.79 Å². The Morgan fingerprint density at radius 2 is 2.20 bits per heavy atom. The van der Waals surface area contributed by atoms with E-state index in [2.05, 4.69) is 20.3 Å². The molecule has 1 amide bonds. The number of ether oxygens (including phenoxy) is 1. The summed E-state index contributed by atoms with van der Waals surface area (Å²) in [5, 5.41) is 10.1. The number of hydrogen-bond acceptors (Lipinski definition) is 8. The van der Waals surface area contributed by atoms with Crippen LogP contribution in [-0.2, 0) is 15.7 Å². The molecular formula is C13H11F3N4O3S2. The Bertz CT molecular complexity index is 805. The Labute approximate surface area is 147 Å². The summed E-state index contributed by atoms with van der Waals surface area (Å²) >= 11 is 1.55. The van der Waals surface area contributed by atoms with E-state index in [9.17, 15) is 22.8 Å². The van der Waals surface area contributed by atoms with Crippen molar-refractivity contribution in [3.8, 4) is 0 Å². The highest BCUT2D eigenvalue weighted by Gasteiger charge is 2.38. The lowest BCUT2D eigenvalue weighted by molar-refractivity contribution is -0.138. The zero-order valence-corrected chi connectivity index (χ0v) is 14.3. The number of amides is 1. The van der Waals surface area contributed by atoms with Gasteiger partial charge >= 0.3 is 12.1 Å². The molecule has 3 heterocycles. The fourth-order valence-electron chi connectivity index (χ4n) is 2.34. The molecule has 3 rings (SSSR count). The van der Waals surface area contributed by atoms with Crippen molar-refractivity contribution in [3.63, 3.8) is 0 Å². The van der Waals surface area contributed by atoms with Gasteiger partial charge in [-0.2, -0.15) is 13.2 Å². The zero-order valence-electron chi connectivity index (χ0n) is 12.7. The van der Waals surface area contributed by atoms with Crippen LogP contribution in [0, 0.1) is 0 Å². The van der Waals surface area contributed by atoms with Gasteiger partial charge in [-0.3, -0.25) is 4.79 Å². The number of aromatic nitrogens is 2. The van der Waals surface area contributed by atoms with Gasteiger partial charge in [0.2, 0.25) is 16.0 Å². The van der Waals surface area contributed by atoms with Crippen molar-refractivity contribution >= 4 is 44.7 Å². The number of carbonyl (C=O) groups is 2. The van der Waals surface area contributed by atoms with Crippen molar-refractivity contribution in [1.82, 2.24) is 10.2 Å².